The Kier molecular flexibility index (Phi) is 6.74. The van der Waals surface area contributed by atoms with Crippen molar-refractivity contribution in [3.63, 3.8) is 0 Å². The predicted molar refractivity (Wildman–Crippen MR) is 116 cm³/mol. The van der Waals surface area contributed by atoms with E-state index in [4.69, 9.17) is 10.6 Å². The number of piperidine rings is 1. The Morgan fingerprint density at radius 3 is 2.74 bits per heavy atom. The summed E-state index contributed by atoms with van der Waals surface area (Å²) in [6.07, 6.45) is 6.85. The Morgan fingerprint density at radius 1 is 1.22 bits per heavy atom. The van der Waals surface area contributed by atoms with Gasteiger partial charge in [-0.25, -0.2) is 5.01 Å². The minimum atomic E-state index is 0. The predicted octanol–water partition coefficient (Wildman–Crippen LogP) is 5.02. The van der Waals surface area contributed by atoms with Crippen LogP contribution in [-0.4, -0.2) is 23.9 Å². The fourth-order valence-electron chi connectivity index (χ4n) is 4.56. The zero-order chi connectivity index (χ0) is 18.1. The molecule has 2 heterocycles. The van der Waals surface area contributed by atoms with Crippen LogP contribution in [0.1, 0.15) is 42.5 Å². The third-order valence-corrected chi connectivity index (χ3v) is 6.40. The van der Waals surface area contributed by atoms with E-state index >= 15 is 0 Å². The molecule has 0 bridgehead atoms. The van der Waals surface area contributed by atoms with Gasteiger partial charge in [0.1, 0.15) is 11.9 Å². The van der Waals surface area contributed by atoms with Crippen LogP contribution < -0.4 is 10.6 Å². The molecule has 2 aliphatic rings. The normalized spacial score (nSPS) is 24.8. The molecule has 1 fully saturated rings. The Hall–Kier alpha value is -1.20. The van der Waals surface area contributed by atoms with Gasteiger partial charge >= 0.3 is 0 Å². The third kappa shape index (κ3) is 4.29. The third-order valence-electron chi connectivity index (χ3n) is 5.70. The zero-order valence-corrected chi connectivity index (χ0v) is 17.7. The molecule has 1 unspecified atom stereocenters. The Morgan fingerprint density at radius 2 is 2.00 bits per heavy atom. The van der Waals surface area contributed by atoms with E-state index in [2.05, 4.69) is 55.6 Å². The molecule has 1 saturated heterocycles. The summed E-state index contributed by atoms with van der Waals surface area (Å²) >= 11 is 1.82. The van der Waals surface area contributed by atoms with E-state index in [0.29, 0.717) is 5.92 Å². The number of benzene rings is 2. The maximum absolute atomic E-state index is 6.44. The summed E-state index contributed by atoms with van der Waals surface area (Å²) < 4.78 is 6.19. The molecule has 0 aromatic heterocycles. The van der Waals surface area contributed by atoms with E-state index in [0.717, 1.165) is 31.6 Å². The summed E-state index contributed by atoms with van der Waals surface area (Å²) in [5.74, 6) is 8.09. The maximum atomic E-state index is 6.44. The first-order valence-electron chi connectivity index (χ1n) is 9.58. The van der Waals surface area contributed by atoms with Gasteiger partial charge in [-0.2, -0.15) is 0 Å². The largest absolute Gasteiger partial charge is 0.490 e. The second-order valence-electron chi connectivity index (χ2n) is 7.61. The number of hydrogen-bond acceptors (Lipinski definition) is 4. The SMILES string of the molecule is CSc1cc2c(c(C[C@@H]3CCCN(N)[C@@H]3c3ccccc3)c1)OC(C)C2.Cl. The molecule has 2 aliphatic heterocycles. The first-order chi connectivity index (χ1) is 12.7. The topological polar surface area (TPSA) is 38.5 Å². The molecule has 0 spiro atoms. The van der Waals surface area contributed by atoms with Crippen LogP contribution in [0.2, 0.25) is 0 Å². The molecule has 0 aliphatic carbocycles. The fraction of sp³-hybridized carbons (Fsp3) is 0.455. The molecule has 3 atom stereocenters. The first-order valence-corrected chi connectivity index (χ1v) is 10.8. The fourth-order valence-corrected chi connectivity index (χ4v) is 5.08. The van der Waals surface area contributed by atoms with Crippen molar-refractivity contribution in [1.29, 1.82) is 0 Å². The smallest absolute Gasteiger partial charge is 0.126 e. The number of hydrogen-bond donors (Lipinski definition) is 1. The molecule has 2 N–H and O–H groups in total. The zero-order valence-electron chi connectivity index (χ0n) is 16.1. The van der Waals surface area contributed by atoms with E-state index in [1.54, 1.807) is 0 Å². The van der Waals surface area contributed by atoms with Crippen LogP contribution in [0.5, 0.6) is 5.75 Å². The minimum Gasteiger partial charge on any atom is -0.490 e. The maximum Gasteiger partial charge on any atom is 0.126 e. The molecule has 2 aromatic carbocycles. The molecule has 4 rings (SSSR count). The second-order valence-corrected chi connectivity index (χ2v) is 8.49. The number of hydrazine groups is 1. The number of rotatable bonds is 4. The van der Waals surface area contributed by atoms with Crippen molar-refractivity contribution in [2.75, 3.05) is 12.8 Å². The van der Waals surface area contributed by atoms with Crippen LogP contribution in [-0.2, 0) is 12.8 Å². The van der Waals surface area contributed by atoms with Gasteiger partial charge < -0.3 is 4.74 Å². The van der Waals surface area contributed by atoms with Crippen molar-refractivity contribution in [3.8, 4) is 5.75 Å². The molecule has 27 heavy (non-hydrogen) atoms. The van der Waals surface area contributed by atoms with Crippen LogP contribution in [0, 0.1) is 5.92 Å². The van der Waals surface area contributed by atoms with Gasteiger partial charge in [0.25, 0.3) is 0 Å². The quantitative estimate of drug-likeness (QED) is 0.573. The standard InChI is InChI=1S/C22H28N2OS.ClH/c1-15-11-18-13-20(26-2)14-19(22(18)25-15)12-17-9-6-10-24(23)21(17)16-7-4-3-5-8-16;/h3-5,7-8,13-15,17,21H,6,9-12,23H2,1-2H3;1H/t15?,17-,21+;/m0./s1. The van der Waals surface area contributed by atoms with Gasteiger partial charge in [-0.3, -0.25) is 5.84 Å². The highest BCUT2D eigenvalue weighted by Gasteiger charge is 2.33. The van der Waals surface area contributed by atoms with E-state index in [1.165, 1.54) is 28.0 Å². The lowest BCUT2D eigenvalue weighted by Crippen LogP contribution is -2.44. The number of thioether (sulfide) groups is 1. The van der Waals surface area contributed by atoms with Crippen LogP contribution in [0.15, 0.2) is 47.4 Å². The molecule has 0 saturated carbocycles. The summed E-state index contributed by atoms with van der Waals surface area (Å²) in [7, 11) is 0. The summed E-state index contributed by atoms with van der Waals surface area (Å²) in [5.41, 5.74) is 4.06. The Balaban J connectivity index is 0.00000210. The van der Waals surface area contributed by atoms with Gasteiger partial charge in [-0.05, 0) is 67.2 Å². The van der Waals surface area contributed by atoms with Crippen LogP contribution >= 0.6 is 24.2 Å². The van der Waals surface area contributed by atoms with Crippen LogP contribution in [0.25, 0.3) is 0 Å². The highest BCUT2D eigenvalue weighted by molar-refractivity contribution is 7.98. The van der Waals surface area contributed by atoms with Crippen LogP contribution in [0.3, 0.4) is 0 Å². The van der Waals surface area contributed by atoms with Gasteiger partial charge in [-0.1, -0.05) is 30.3 Å². The monoisotopic (exact) mass is 404 g/mol. The molecule has 5 heteroatoms. The lowest BCUT2D eigenvalue weighted by Gasteiger charge is -2.39. The summed E-state index contributed by atoms with van der Waals surface area (Å²) in [5, 5.41) is 2.05. The molecule has 146 valence electrons. The van der Waals surface area contributed by atoms with Crippen molar-refractivity contribution in [3.05, 3.63) is 59.2 Å². The molecule has 3 nitrogen and oxygen atoms in total. The number of ether oxygens (including phenoxy) is 1. The number of nitrogens with zero attached hydrogens (tertiary/aromatic N) is 1. The first kappa shape index (κ1) is 20.5. The highest BCUT2D eigenvalue weighted by Crippen LogP contribution is 2.41. The van der Waals surface area contributed by atoms with E-state index < -0.39 is 0 Å². The summed E-state index contributed by atoms with van der Waals surface area (Å²) in [6, 6.07) is 15.6. The average molecular weight is 405 g/mol. The van der Waals surface area contributed by atoms with Gasteiger partial charge in [0.05, 0.1) is 6.04 Å². The van der Waals surface area contributed by atoms with E-state index in [9.17, 15) is 0 Å². The summed E-state index contributed by atoms with van der Waals surface area (Å²) in [6.45, 7) is 3.13. The molecule has 0 radical (unpaired) electrons. The van der Waals surface area contributed by atoms with Crippen molar-refractivity contribution in [1.82, 2.24) is 5.01 Å². The number of fused-ring (bicyclic) bond motifs is 1. The Labute approximate surface area is 173 Å². The van der Waals surface area contributed by atoms with Gasteiger partial charge in [0, 0.05) is 17.9 Å². The van der Waals surface area contributed by atoms with Crippen molar-refractivity contribution < 1.29 is 4.74 Å². The second kappa shape index (κ2) is 8.87. The van der Waals surface area contributed by atoms with Crippen molar-refractivity contribution in [2.24, 2.45) is 11.8 Å². The van der Waals surface area contributed by atoms with Gasteiger partial charge in [-0.15, -0.1) is 24.2 Å². The summed E-state index contributed by atoms with van der Waals surface area (Å²) in [4.78, 5) is 1.34. The van der Waals surface area contributed by atoms with Crippen molar-refractivity contribution >= 4 is 24.2 Å². The van der Waals surface area contributed by atoms with Crippen molar-refractivity contribution in [2.45, 2.75) is 49.6 Å². The van der Waals surface area contributed by atoms with Gasteiger partial charge in [0.15, 0.2) is 0 Å². The molecule has 2 aromatic rings. The lowest BCUT2D eigenvalue weighted by molar-refractivity contribution is 0.0920. The highest BCUT2D eigenvalue weighted by atomic mass is 35.5. The lowest BCUT2D eigenvalue weighted by atomic mass is 9.81. The van der Waals surface area contributed by atoms with Gasteiger partial charge in [0.2, 0.25) is 0 Å². The molecular weight excluding hydrogens is 376 g/mol. The molecular formula is C22H29ClN2OS. The van der Waals surface area contributed by atoms with E-state index in [1.807, 2.05) is 16.8 Å². The minimum absolute atomic E-state index is 0. The number of halogens is 1. The number of nitrogens with two attached hydrogens (primary N) is 1. The van der Waals surface area contributed by atoms with E-state index in [-0.39, 0.29) is 24.6 Å². The average Bonchev–Trinajstić information content (AvgIpc) is 3.03. The Bertz CT molecular complexity index is 770. The van der Waals surface area contributed by atoms with Crippen LogP contribution in [0.4, 0.5) is 0 Å². The molecule has 0 amide bonds.